The van der Waals surface area contributed by atoms with Crippen LogP contribution in [0.1, 0.15) is 13.3 Å². The molecule has 0 aromatic carbocycles. The molecular weight excluding hydrogens is 151 g/mol. The average molecular weight is 162 g/mol. The topological polar surface area (TPSA) is 77.8 Å². The van der Waals surface area contributed by atoms with E-state index in [-0.39, 0.29) is 51.4 Å². The molecule has 5 heteroatoms. The van der Waals surface area contributed by atoms with Crippen molar-refractivity contribution in [3.63, 3.8) is 0 Å². The fourth-order valence-corrected chi connectivity index (χ4v) is 0. The third-order valence-electron chi connectivity index (χ3n) is 0.224. The van der Waals surface area contributed by atoms with Crippen molar-refractivity contribution in [1.29, 1.82) is 0 Å². The van der Waals surface area contributed by atoms with Crippen LogP contribution in [0.3, 0.4) is 0 Å². The molecule has 0 radical (unpaired) electrons. The van der Waals surface area contributed by atoms with Crippen LogP contribution in [0.2, 0.25) is 0 Å². The molecule has 4 nitrogen and oxygen atoms in total. The molecule has 0 atom stereocenters. The molecule has 0 aromatic heterocycles. The van der Waals surface area contributed by atoms with Crippen molar-refractivity contribution in [2.45, 2.75) is 13.3 Å². The molecule has 9 heavy (non-hydrogen) atoms. The molecule has 0 aliphatic rings. The van der Waals surface area contributed by atoms with E-state index in [2.05, 4.69) is 0 Å². The molecule has 0 bridgehead atoms. The fourth-order valence-electron chi connectivity index (χ4n) is 0. The summed E-state index contributed by atoms with van der Waals surface area (Å²) in [5.41, 5.74) is 0. The van der Waals surface area contributed by atoms with Crippen LogP contribution in [0, 0.1) is 0 Å². The Bertz CT molecular complexity index is 50.5. The molecule has 0 rings (SSSR count). The van der Waals surface area contributed by atoms with Crippen molar-refractivity contribution in [1.82, 2.24) is 0 Å². The second-order valence-electron chi connectivity index (χ2n) is 1.01. The summed E-state index contributed by atoms with van der Waals surface area (Å²) in [5.74, 6) is 0. The van der Waals surface area contributed by atoms with Gasteiger partial charge in [0.15, 0.2) is 0 Å². The Labute approximate surface area is 96.3 Å². The quantitative estimate of drug-likeness (QED) is 0.473. The number of aliphatic hydroxyl groups excluding tert-OH is 1. The average Bonchev–Trinajstić information content (AvgIpc) is 1.65. The van der Waals surface area contributed by atoms with Crippen molar-refractivity contribution in [3.8, 4) is 0 Å². The first-order valence-corrected chi connectivity index (χ1v) is 2.17. The van der Waals surface area contributed by atoms with Gasteiger partial charge in [-0.15, -0.1) is 0 Å². The molecule has 0 aliphatic heterocycles. The van der Waals surface area contributed by atoms with E-state index in [1.807, 2.05) is 6.92 Å². The molecule has 0 aliphatic carbocycles. The van der Waals surface area contributed by atoms with Gasteiger partial charge in [-0.05, 0) is 6.42 Å². The van der Waals surface area contributed by atoms with Crippen molar-refractivity contribution < 1.29 is 20.1 Å². The number of hydrogen-bond donors (Lipinski definition) is 3. The molecule has 52 valence electrons. The van der Waals surface area contributed by atoms with Crippen LogP contribution in [-0.4, -0.2) is 79.5 Å². The molecule has 3 N–H and O–H groups in total. The first-order chi connectivity index (χ1) is 3.65. The van der Waals surface area contributed by atoms with Crippen molar-refractivity contribution >= 4 is 57.5 Å². The van der Waals surface area contributed by atoms with Crippen LogP contribution in [-0.2, 0) is 0 Å². The zero-order valence-corrected chi connectivity index (χ0v) is 4.66. The minimum absolute atomic E-state index is 0. The first-order valence-electron chi connectivity index (χ1n) is 2.17. The molecule has 0 fully saturated rings. The molecule has 0 aromatic rings. The Balaban J connectivity index is -0.0000000720. The summed E-state index contributed by atoms with van der Waals surface area (Å²) in [6.45, 7) is 2.25. The third kappa shape index (κ3) is 120. The van der Waals surface area contributed by atoms with E-state index in [0.29, 0.717) is 6.61 Å². The van der Waals surface area contributed by atoms with Crippen molar-refractivity contribution in [2.75, 3.05) is 6.61 Å². The van der Waals surface area contributed by atoms with Gasteiger partial charge in [-0.25, -0.2) is 4.79 Å². The Morgan fingerprint density at radius 3 is 1.56 bits per heavy atom. The third-order valence-corrected chi connectivity index (χ3v) is 0.224. The number of aliphatic hydroxyl groups is 1. The van der Waals surface area contributed by atoms with E-state index in [1.54, 1.807) is 0 Å². The van der Waals surface area contributed by atoms with Crippen LogP contribution in [0.15, 0.2) is 0 Å². The Morgan fingerprint density at radius 2 is 1.56 bits per heavy atom. The van der Waals surface area contributed by atoms with Gasteiger partial charge in [0.1, 0.15) is 0 Å². The predicted molar refractivity (Wildman–Crippen MR) is 35.2 cm³/mol. The van der Waals surface area contributed by atoms with E-state index in [4.69, 9.17) is 20.1 Å². The monoisotopic (exact) mass is 162 g/mol. The predicted octanol–water partition coefficient (Wildman–Crippen LogP) is -0.0374. The van der Waals surface area contributed by atoms with Crippen molar-refractivity contribution in [3.05, 3.63) is 0 Å². The van der Waals surface area contributed by atoms with Gasteiger partial charge in [-0.3, -0.25) is 0 Å². The van der Waals surface area contributed by atoms with E-state index >= 15 is 0 Å². The Hall–Kier alpha value is 0.866. The van der Waals surface area contributed by atoms with Gasteiger partial charge >= 0.3 is 57.5 Å². The zero-order valence-electron chi connectivity index (χ0n) is 4.66. The maximum atomic E-state index is 8.56. The normalized spacial score (nSPS) is 6.00. The number of carbonyl (C=O) groups is 1. The van der Waals surface area contributed by atoms with E-state index < -0.39 is 6.16 Å². The summed E-state index contributed by atoms with van der Waals surface area (Å²) >= 11 is 0. The number of hydrogen-bond acceptors (Lipinski definition) is 2. The summed E-state index contributed by atoms with van der Waals surface area (Å²) in [6.07, 6.45) is -0.958. The minimum atomic E-state index is -1.83. The van der Waals surface area contributed by atoms with Crippen LogP contribution >= 0.6 is 0 Å². The fraction of sp³-hybridized carbons (Fsp3) is 0.750. The summed E-state index contributed by atoms with van der Waals surface area (Å²) in [5, 5.41) is 21.8. The van der Waals surface area contributed by atoms with Crippen LogP contribution in [0.25, 0.3) is 0 Å². The molecule has 0 spiro atoms. The first kappa shape index (κ1) is 16.5. The number of carboxylic acid groups (broad SMARTS) is 2. The molecule has 0 saturated heterocycles. The van der Waals surface area contributed by atoms with Crippen LogP contribution in [0.5, 0.6) is 0 Å². The van der Waals surface area contributed by atoms with Gasteiger partial charge in [0.25, 0.3) is 0 Å². The van der Waals surface area contributed by atoms with Crippen LogP contribution in [0.4, 0.5) is 4.79 Å². The summed E-state index contributed by atoms with van der Waals surface area (Å²) in [4.78, 5) is 8.56. The van der Waals surface area contributed by atoms with E-state index in [1.165, 1.54) is 0 Å². The SMILES string of the molecule is CCCO.O=C(O)O.[KH]. The van der Waals surface area contributed by atoms with E-state index in [0.717, 1.165) is 6.42 Å². The second-order valence-corrected chi connectivity index (χ2v) is 1.01. The van der Waals surface area contributed by atoms with Gasteiger partial charge in [0, 0.05) is 6.61 Å². The molecule has 0 unspecified atom stereocenters. The van der Waals surface area contributed by atoms with Crippen LogP contribution < -0.4 is 0 Å². The second kappa shape index (κ2) is 15.9. The van der Waals surface area contributed by atoms with Gasteiger partial charge in [-0.1, -0.05) is 6.92 Å². The number of rotatable bonds is 1. The van der Waals surface area contributed by atoms with Gasteiger partial charge in [0.2, 0.25) is 0 Å². The molecule has 0 saturated carbocycles. The summed E-state index contributed by atoms with van der Waals surface area (Å²) in [6, 6.07) is 0. The van der Waals surface area contributed by atoms with Gasteiger partial charge in [-0.2, -0.15) is 0 Å². The summed E-state index contributed by atoms with van der Waals surface area (Å²) in [7, 11) is 0. The molecular formula is C4H11KO4. The zero-order chi connectivity index (χ0) is 6.99. The molecule has 0 heterocycles. The van der Waals surface area contributed by atoms with E-state index in [9.17, 15) is 0 Å². The van der Waals surface area contributed by atoms with Gasteiger partial charge < -0.3 is 15.3 Å². The summed E-state index contributed by atoms with van der Waals surface area (Å²) < 4.78 is 0. The maximum absolute atomic E-state index is 8.56. The van der Waals surface area contributed by atoms with Crippen molar-refractivity contribution in [2.24, 2.45) is 0 Å². The Morgan fingerprint density at radius 1 is 1.44 bits per heavy atom. The molecule has 0 amide bonds. The Kier molecular flexibility index (Phi) is 29.1. The standard InChI is InChI=1S/C3H8O.CH2O3.K.H/c1-2-3-4;2-1(3)4;;/h4H,2-3H2,1H3;(H2,2,3,4);;. The van der Waals surface area contributed by atoms with Gasteiger partial charge in [0.05, 0.1) is 0 Å².